The van der Waals surface area contributed by atoms with Crippen LogP contribution < -0.4 is 10.1 Å². The predicted octanol–water partition coefficient (Wildman–Crippen LogP) is 8.99. The summed E-state index contributed by atoms with van der Waals surface area (Å²) >= 11 is 1.53. The Balaban J connectivity index is 1.67. The van der Waals surface area contributed by atoms with Crippen LogP contribution in [-0.2, 0) is 30.9 Å². The minimum Gasteiger partial charge on any atom is -0.469 e. The fraction of sp³-hybridized carbons (Fsp3) is 0.366. The van der Waals surface area contributed by atoms with Gasteiger partial charge >= 0.3 is 11.9 Å². The van der Waals surface area contributed by atoms with Gasteiger partial charge in [0.05, 0.1) is 31.0 Å². The van der Waals surface area contributed by atoms with Crippen molar-refractivity contribution >= 4 is 52.4 Å². The highest BCUT2D eigenvalue weighted by Gasteiger charge is 2.34. The Morgan fingerprint density at radius 3 is 2.47 bits per heavy atom. The molecule has 1 unspecified atom stereocenters. The number of methoxy groups -OCH3 is 2. The molecule has 0 aliphatic heterocycles. The van der Waals surface area contributed by atoms with Crippen molar-refractivity contribution in [1.29, 1.82) is 5.41 Å². The third-order valence-corrected chi connectivity index (χ3v) is 10.7. The highest BCUT2D eigenvalue weighted by molar-refractivity contribution is 7.99. The third kappa shape index (κ3) is 10.3. The quantitative estimate of drug-likeness (QED) is 0.0560. The molecule has 3 aromatic carbocycles. The number of hydrogen-bond acceptors (Lipinski definition) is 7. The summed E-state index contributed by atoms with van der Waals surface area (Å²) < 4.78 is 46.2. The van der Waals surface area contributed by atoms with Crippen molar-refractivity contribution in [2.24, 2.45) is 10.4 Å². The van der Waals surface area contributed by atoms with Gasteiger partial charge in [-0.05, 0) is 72.7 Å². The molecule has 1 heterocycles. The number of likely N-dealkylation sites (N-methyl/N-ethyl adjacent to an activating group) is 1. The van der Waals surface area contributed by atoms with E-state index >= 15 is 8.78 Å². The first kappa shape index (κ1) is 40.8. The molecule has 0 aliphatic rings. The topological polar surface area (TPSA) is 126 Å². The number of halogens is 2. The molecule has 0 saturated heterocycles. The van der Waals surface area contributed by atoms with E-state index in [9.17, 15) is 9.59 Å². The maximum absolute atomic E-state index is 15.4. The number of nitrogens with one attached hydrogen (secondary N) is 3. The average molecular weight is 747 g/mol. The fourth-order valence-electron chi connectivity index (χ4n) is 6.26. The second-order valence-corrected chi connectivity index (χ2v) is 14.7. The van der Waals surface area contributed by atoms with Gasteiger partial charge < -0.3 is 24.5 Å². The zero-order valence-electron chi connectivity index (χ0n) is 31.2. The lowest BCUT2D eigenvalue weighted by Gasteiger charge is -2.34. The molecule has 0 saturated carbocycles. The number of benzene rings is 3. The molecule has 0 fully saturated rings. The van der Waals surface area contributed by atoms with Crippen molar-refractivity contribution in [3.8, 4) is 11.5 Å². The lowest BCUT2D eigenvalue weighted by Crippen LogP contribution is -2.42. The summed E-state index contributed by atoms with van der Waals surface area (Å²) in [5, 5.41) is 12.9. The summed E-state index contributed by atoms with van der Waals surface area (Å²) in [7, 11) is 4.45. The number of aliphatic imine (C=N–C) groups is 1. The molecule has 0 amide bonds. The minimum absolute atomic E-state index is 0.0677. The Hall–Kier alpha value is -4.97. The van der Waals surface area contributed by atoms with E-state index < -0.39 is 17.0 Å². The number of aromatic nitrogens is 1. The molecule has 53 heavy (non-hydrogen) atoms. The Labute approximate surface area is 314 Å². The van der Waals surface area contributed by atoms with Gasteiger partial charge in [-0.1, -0.05) is 57.2 Å². The summed E-state index contributed by atoms with van der Waals surface area (Å²) in [6, 6.07) is 14.9. The van der Waals surface area contributed by atoms with Crippen molar-refractivity contribution in [2.45, 2.75) is 58.3 Å². The molecule has 282 valence electrons. The molecule has 9 nitrogen and oxygen atoms in total. The van der Waals surface area contributed by atoms with E-state index in [1.54, 1.807) is 19.3 Å². The normalized spacial score (nSPS) is 12.9. The second-order valence-electron chi connectivity index (χ2n) is 13.7. The number of carbonyl (C=O) groups excluding carboxylic acids is 2. The molecule has 0 aliphatic carbocycles. The van der Waals surface area contributed by atoms with Gasteiger partial charge in [-0.25, -0.2) is 13.8 Å². The number of ether oxygens (including phenoxy) is 3. The first-order chi connectivity index (χ1) is 25.2. The van der Waals surface area contributed by atoms with Gasteiger partial charge in [-0.15, -0.1) is 11.8 Å². The van der Waals surface area contributed by atoms with Gasteiger partial charge in [-0.2, -0.15) is 0 Å². The van der Waals surface area contributed by atoms with E-state index in [2.05, 4.69) is 35.7 Å². The SMILES string of the molecule is C=Cc1c(Oc2ccc(F)c(C(=N)/N=C(\NC)C(C)(CCCC(C)(C)CSCC(=O)OC)c3cccc(CCC(=O)OC)c3)c2)c(F)cc2[nH]ccc12. The molecule has 0 radical (unpaired) electrons. The van der Waals surface area contributed by atoms with Crippen LogP contribution in [0.4, 0.5) is 8.78 Å². The van der Waals surface area contributed by atoms with Crippen molar-refractivity contribution in [3.05, 3.63) is 101 Å². The standard InChI is InChI=1S/C41H48F2N4O5S/c1-8-29-30-17-20-46-34(30)23-33(43)37(29)52-28-14-15-32(42)31(22-28)38(44)47-39(45-5)41(4,19-10-18-40(2,3)25-53-24-36(49)51-7)27-12-9-11-26(21-27)13-16-35(48)50-6/h8-9,11-12,14-15,17,20-23,46H,1,10,13,16,18-19,24-25H2,2-7H3,(H2,44,45,47). The molecular weight excluding hydrogens is 699 g/mol. The van der Waals surface area contributed by atoms with Crippen LogP contribution >= 0.6 is 11.8 Å². The number of carbonyl (C=O) groups is 2. The summed E-state index contributed by atoms with van der Waals surface area (Å²) in [6.07, 6.45) is 6.10. The summed E-state index contributed by atoms with van der Waals surface area (Å²) in [6.45, 7) is 10.2. The molecule has 4 aromatic rings. The van der Waals surface area contributed by atoms with Crippen LogP contribution in [0.15, 0.2) is 72.4 Å². The summed E-state index contributed by atoms with van der Waals surface area (Å²) in [5.41, 5.74) is 1.87. The van der Waals surface area contributed by atoms with Crippen LogP contribution in [0.5, 0.6) is 11.5 Å². The number of aryl methyl sites for hydroxylation is 1. The Morgan fingerprint density at radius 1 is 1.02 bits per heavy atom. The Morgan fingerprint density at radius 2 is 1.77 bits per heavy atom. The number of esters is 2. The van der Waals surface area contributed by atoms with Gasteiger partial charge in [0.2, 0.25) is 0 Å². The maximum atomic E-state index is 15.4. The van der Waals surface area contributed by atoms with Crippen molar-refractivity contribution in [3.63, 3.8) is 0 Å². The number of aromatic amines is 1. The van der Waals surface area contributed by atoms with Crippen LogP contribution in [0.1, 0.15) is 68.7 Å². The number of fused-ring (bicyclic) bond motifs is 1. The molecule has 1 aromatic heterocycles. The molecule has 0 spiro atoms. The number of hydrogen-bond donors (Lipinski definition) is 3. The maximum Gasteiger partial charge on any atom is 0.315 e. The highest BCUT2D eigenvalue weighted by atomic mass is 32.2. The van der Waals surface area contributed by atoms with Crippen LogP contribution in [0, 0.1) is 22.5 Å². The smallest absolute Gasteiger partial charge is 0.315 e. The van der Waals surface area contributed by atoms with Crippen LogP contribution in [-0.4, -0.2) is 61.4 Å². The molecule has 3 N–H and O–H groups in total. The van der Waals surface area contributed by atoms with Gasteiger partial charge in [0.1, 0.15) is 17.4 Å². The zero-order chi connectivity index (χ0) is 38.8. The number of amidine groups is 2. The van der Waals surface area contributed by atoms with E-state index in [0.29, 0.717) is 35.1 Å². The van der Waals surface area contributed by atoms with Crippen molar-refractivity contribution in [1.82, 2.24) is 10.3 Å². The van der Waals surface area contributed by atoms with E-state index in [1.807, 2.05) is 31.2 Å². The molecule has 12 heteroatoms. The number of H-pyrrole nitrogens is 1. The lowest BCUT2D eigenvalue weighted by molar-refractivity contribution is -0.140. The van der Waals surface area contributed by atoms with Crippen LogP contribution in [0.3, 0.4) is 0 Å². The zero-order valence-corrected chi connectivity index (χ0v) is 32.0. The van der Waals surface area contributed by atoms with Gasteiger partial charge in [0.25, 0.3) is 0 Å². The van der Waals surface area contributed by atoms with Crippen LogP contribution in [0.2, 0.25) is 0 Å². The van der Waals surface area contributed by atoms with Gasteiger partial charge in [0.15, 0.2) is 17.4 Å². The first-order valence-electron chi connectivity index (χ1n) is 17.3. The molecule has 0 bridgehead atoms. The van der Waals surface area contributed by atoms with Crippen molar-refractivity contribution < 1.29 is 32.6 Å². The third-order valence-electron chi connectivity index (χ3n) is 9.28. The molecular formula is C41H48F2N4O5S. The van der Waals surface area contributed by atoms with E-state index in [4.69, 9.17) is 19.6 Å². The predicted molar refractivity (Wildman–Crippen MR) is 209 cm³/mol. The number of thioether (sulfide) groups is 1. The number of rotatable bonds is 17. The highest BCUT2D eigenvalue weighted by Crippen LogP contribution is 2.37. The van der Waals surface area contributed by atoms with Gasteiger partial charge in [0, 0.05) is 42.2 Å². The largest absolute Gasteiger partial charge is 0.469 e. The lowest BCUT2D eigenvalue weighted by atomic mass is 9.74. The summed E-state index contributed by atoms with van der Waals surface area (Å²) in [4.78, 5) is 31.3. The first-order valence-corrected chi connectivity index (χ1v) is 18.5. The van der Waals surface area contributed by atoms with E-state index in [-0.39, 0.29) is 52.4 Å². The monoisotopic (exact) mass is 746 g/mol. The minimum atomic E-state index is -0.768. The summed E-state index contributed by atoms with van der Waals surface area (Å²) in [5.74, 6) is -0.700. The number of nitrogens with zero attached hydrogens (tertiary/aromatic N) is 1. The fourth-order valence-corrected chi connectivity index (χ4v) is 7.34. The van der Waals surface area contributed by atoms with Gasteiger partial charge in [-0.3, -0.25) is 15.0 Å². The van der Waals surface area contributed by atoms with E-state index in [0.717, 1.165) is 29.7 Å². The second kappa shape index (κ2) is 18.2. The average Bonchev–Trinajstić information content (AvgIpc) is 3.61. The Bertz CT molecular complexity index is 1990. The van der Waals surface area contributed by atoms with Crippen molar-refractivity contribution in [2.75, 3.05) is 32.8 Å². The molecule has 1 atom stereocenters. The van der Waals surface area contributed by atoms with Crippen LogP contribution in [0.25, 0.3) is 17.0 Å². The van der Waals surface area contributed by atoms with E-state index in [1.165, 1.54) is 56.3 Å². The molecule has 4 rings (SSSR count). The Kier molecular flexibility index (Phi) is 14.0.